The van der Waals surface area contributed by atoms with Crippen LogP contribution < -0.4 is 5.32 Å². The molecular weight excluding hydrogens is 342 g/mol. The Morgan fingerprint density at radius 3 is 2.48 bits per heavy atom. The molecular formula is C18H22ClN3O3. The van der Waals surface area contributed by atoms with Crippen LogP contribution in [-0.2, 0) is 22.7 Å². The van der Waals surface area contributed by atoms with E-state index in [2.05, 4.69) is 5.32 Å². The summed E-state index contributed by atoms with van der Waals surface area (Å²) in [4.78, 5) is 27.4. The Kier molecular flexibility index (Phi) is 7.03. The van der Waals surface area contributed by atoms with E-state index in [9.17, 15) is 9.59 Å². The average molecular weight is 364 g/mol. The number of carbonyl (C=O) groups is 2. The van der Waals surface area contributed by atoms with Gasteiger partial charge in [0.25, 0.3) is 0 Å². The molecule has 0 atom stereocenters. The summed E-state index contributed by atoms with van der Waals surface area (Å²) in [6, 6.07) is 11.0. The predicted molar refractivity (Wildman–Crippen MR) is 96.0 cm³/mol. The third-order valence-electron chi connectivity index (χ3n) is 3.62. The van der Waals surface area contributed by atoms with Crippen LogP contribution in [0, 0.1) is 0 Å². The van der Waals surface area contributed by atoms with E-state index in [4.69, 9.17) is 16.0 Å². The lowest BCUT2D eigenvalue weighted by molar-refractivity contribution is -0.135. The molecule has 0 unspecified atom stereocenters. The van der Waals surface area contributed by atoms with Crippen LogP contribution in [0.3, 0.4) is 0 Å². The second-order valence-corrected chi connectivity index (χ2v) is 6.34. The molecule has 2 rings (SSSR count). The molecule has 6 nitrogen and oxygen atoms in total. The van der Waals surface area contributed by atoms with E-state index < -0.39 is 0 Å². The number of nitrogens with one attached hydrogen (secondary N) is 1. The van der Waals surface area contributed by atoms with Crippen molar-refractivity contribution in [2.45, 2.75) is 13.1 Å². The van der Waals surface area contributed by atoms with Gasteiger partial charge in [0.05, 0.1) is 25.9 Å². The van der Waals surface area contributed by atoms with Gasteiger partial charge in [-0.05, 0) is 36.9 Å². The molecule has 0 bridgehead atoms. The van der Waals surface area contributed by atoms with Gasteiger partial charge in [-0.15, -0.1) is 0 Å². The molecule has 1 N–H and O–H groups in total. The molecule has 1 aromatic heterocycles. The van der Waals surface area contributed by atoms with E-state index in [-0.39, 0.29) is 24.9 Å². The molecule has 0 aliphatic heterocycles. The number of hydrogen-bond donors (Lipinski definition) is 1. The summed E-state index contributed by atoms with van der Waals surface area (Å²) in [7, 11) is 3.47. The predicted octanol–water partition coefficient (Wildman–Crippen LogP) is 2.14. The smallest absolute Gasteiger partial charge is 0.239 e. The molecule has 25 heavy (non-hydrogen) atoms. The van der Waals surface area contributed by atoms with Crippen LogP contribution in [0.25, 0.3) is 0 Å². The van der Waals surface area contributed by atoms with E-state index in [1.807, 2.05) is 36.2 Å². The Balaban J connectivity index is 1.73. The average Bonchev–Trinajstić information content (AvgIpc) is 3.08. The molecule has 1 heterocycles. The number of furan rings is 1. The molecule has 0 radical (unpaired) electrons. The summed E-state index contributed by atoms with van der Waals surface area (Å²) in [6.07, 6.45) is 1.55. The molecule has 0 fully saturated rings. The van der Waals surface area contributed by atoms with Gasteiger partial charge in [0.2, 0.25) is 11.8 Å². The molecule has 1 aromatic carbocycles. The van der Waals surface area contributed by atoms with Gasteiger partial charge in [-0.2, -0.15) is 0 Å². The van der Waals surface area contributed by atoms with Crippen molar-refractivity contribution in [3.05, 3.63) is 59.0 Å². The zero-order chi connectivity index (χ0) is 18.2. The number of nitrogens with zero attached hydrogens (tertiary/aromatic N) is 2. The fourth-order valence-electron chi connectivity index (χ4n) is 2.27. The maximum atomic E-state index is 12.2. The summed E-state index contributed by atoms with van der Waals surface area (Å²) in [5.41, 5.74) is 1.07. The Bertz CT molecular complexity index is 686. The minimum absolute atomic E-state index is 0.00826. The number of amides is 2. The first-order chi connectivity index (χ1) is 11.9. The first-order valence-corrected chi connectivity index (χ1v) is 8.28. The topological polar surface area (TPSA) is 65.8 Å². The van der Waals surface area contributed by atoms with Crippen molar-refractivity contribution in [2.24, 2.45) is 0 Å². The van der Waals surface area contributed by atoms with Crippen molar-refractivity contribution >= 4 is 23.4 Å². The third-order valence-corrected chi connectivity index (χ3v) is 3.87. The standard InChI is InChI=1S/C18H22ClN3O3/c1-21(11-14-5-7-15(19)8-6-14)13-18(24)22(2)12-17(23)20-10-16-4-3-9-25-16/h3-9H,10-13H2,1-2H3,(H,20,23). The van der Waals surface area contributed by atoms with Gasteiger partial charge in [-0.25, -0.2) is 0 Å². The Labute approximate surface area is 152 Å². The monoisotopic (exact) mass is 363 g/mol. The van der Waals surface area contributed by atoms with Gasteiger partial charge >= 0.3 is 0 Å². The lowest BCUT2D eigenvalue weighted by atomic mass is 10.2. The number of benzene rings is 1. The zero-order valence-corrected chi connectivity index (χ0v) is 15.1. The SMILES string of the molecule is CN(CC(=O)N(C)CC(=O)NCc1ccco1)Cc1ccc(Cl)cc1. The molecule has 0 spiro atoms. The van der Waals surface area contributed by atoms with E-state index in [1.165, 1.54) is 4.90 Å². The minimum atomic E-state index is -0.229. The Morgan fingerprint density at radius 2 is 1.84 bits per heavy atom. The minimum Gasteiger partial charge on any atom is -0.467 e. The van der Waals surface area contributed by atoms with Crippen molar-refractivity contribution in [3.63, 3.8) is 0 Å². The highest BCUT2D eigenvalue weighted by molar-refractivity contribution is 6.30. The molecule has 0 saturated carbocycles. The van der Waals surface area contributed by atoms with Crippen molar-refractivity contribution in [1.29, 1.82) is 0 Å². The van der Waals surface area contributed by atoms with Crippen LogP contribution >= 0.6 is 11.6 Å². The van der Waals surface area contributed by atoms with Gasteiger partial charge in [-0.3, -0.25) is 14.5 Å². The van der Waals surface area contributed by atoms with E-state index >= 15 is 0 Å². The fourth-order valence-corrected chi connectivity index (χ4v) is 2.39. The molecule has 2 aromatic rings. The Morgan fingerprint density at radius 1 is 1.12 bits per heavy atom. The zero-order valence-electron chi connectivity index (χ0n) is 14.4. The highest BCUT2D eigenvalue weighted by Crippen LogP contribution is 2.10. The number of likely N-dealkylation sites (N-methyl/N-ethyl adjacent to an activating group) is 2. The summed E-state index contributed by atoms with van der Waals surface area (Å²) in [6.45, 7) is 1.17. The highest BCUT2D eigenvalue weighted by Gasteiger charge is 2.15. The van der Waals surface area contributed by atoms with Crippen LogP contribution in [0.15, 0.2) is 47.1 Å². The fraction of sp³-hybridized carbons (Fsp3) is 0.333. The maximum Gasteiger partial charge on any atom is 0.239 e. The van der Waals surface area contributed by atoms with Crippen LogP contribution in [0.2, 0.25) is 5.02 Å². The van der Waals surface area contributed by atoms with Crippen molar-refractivity contribution in [2.75, 3.05) is 27.2 Å². The largest absolute Gasteiger partial charge is 0.467 e. The highest BCUT2D eigenvalue weighted by atomic mass is 35.5. The summed E-state index contributed by atoms with van der Waals surface area (Å²) in [5.74, 6) is 0.322. The number of rotatable bonds is 8. The van der Waals surface area contributed by atoms with Crippen molar-refractivity contribution in [3.8, 4) is 0 Å². The summed E-state index contributed by atoms with van der Waals surface area (Å²) >= 11 is 5.86. The van der Waals surface area contributed by atoms with E-state index in [0.717, 1.165) is 5.56 Å². The van der Waals surface area contributed by atoms with Crippen molar-refractivity contribution in [1.82, 2.24) is 15.1 Å². The molecule has 0 aliphatic rings. The van der Waals surface area contributed by atoms with Crippen LogP contribution in [0.1, 0.15) is 11.3 Å². The number of halogens is 1. The van der Waals surface area contributed by atoms with Gasteiger partial charge in [0.15, 0.2) is 0 Å². The number of carbonyl (C=O) groups excluding carboxylic acids is 2. The molecule has 7 heteroatoms. The maximum absolute atomic E-state index is 12.2. The number of hydrogen-bond acceptors (Lipinski definition) is 4. The molecule has 134 valence electrons. The molecule has 2 amide bonds. The lowest BCUT2D eigenvalue weighted by Gasteiger charge is -2.21. The quantitative estimate of drug-likeness (QED) is 0.780. The van der Waals surface area contributed by atoms with E-state index in [0.29, 0.717) is 23.9 Å². The first kappa shape index (κ1) is 19.0. The normalized spacial score (nSPS) is 10.7. The van der Waals surface area contributed by atoms with Crippen LogP contribution in [0.5, 0.6) is 0 Å². The van der Waals surface area contributed by atoms with Crippen LogP contribution in [0.4, 0.5) is 0 Å². The third kappa shape index (κ3) is 6.60. The van der Waals surface area contributed by atoms with Crippen molar-refractivity contribution < 1.29 is 14.0 Å². The second kappa shape index (κ2) is 9.25. The first-order valence-electron chi connectivity index (χ1n) is 7.90. The van der Waals surface area contributed by atoms with Crippen LogP contribution in [-0.4, -0.2) is 48.8 Å². The lowest BCUT2D eigenvalue weighted by Crippen LogP contribution is -2.42. The second-order valence-electron chi connectivity index (χ2n) is 5.90. The van der Waals surface area contributed by atoms with E-state index in [1.54, 1.807) is 25.4 Å². The Hall–Kier alpha value is -2.31. The van der Waals surface area contributed by atoms with Gasteiger partial charge in [-0.1, -0.05) is 23.7 Å². The van der Waals surface area contributed by atoms with Gasteiger partial charge in [0, 0.05) is 18.6 Å². The van der Waals surface area contributed by atoms with Gasteiger partial charge in [0.1, 0.15) is 5.76 Å². The summed E-state index contributed by atoms with van der Waals surface area (Å²) < 4.78 is 5.14. The molecule has 0 aliphatic carbocycles. The van der Waals surface area contributed by atoms with Gasteiger partial charge < -0.3 is 14.6 Å². The molecule has 0 saturated heterocycles. The summed E-state index contributed by atoms with van der Waals surface area (Å²) in [5, 5.41) is 3.40.